The fraction of sp³-hybridized carbons (Fsp3) is 0.333. The van der Waals surface area contributed by atoms with Crippen LogP contribution in [0.4, 0.5) is 5.69 Å². The largest absolute Gasteiger partial charge is 0.349 e. The second-order valence-corrected chi connectivity index (χ2v) is 6.72. The predicted octanol–water partition coefficient (Wildman–Crippen LogP) is 3.12. The Morgan fingerprint density at radius 1 is 1.12 bits per heavy atom. The molecule has 3 N–H and O–H groups in total. The van der Waals surface area contributed by atoms with E-state index in [4.69, 9.17) is 0 Å². The highest BCUT2D eigenvalue weighted by Gasteiger charge is 2.22. The Labute approximate surface area is 154 Å². The molecule has 1 aliphatic rings. The van der Waals surface area contributed by atoms with E-state index in [9.17, 15) is 9.59 Å². The summed E-state index contributed by atoms with van der Waals surface area (Å²) in [5, 5.41) is 9.26. The number of nitrogens with one attached hydrogen (secondary N) is 3. The van der Waals surface area contributed by atoms with Gasteiger partial charge in [-0.2, -0.15) is 0 Å². The first-order chi connectivity index (χ1) is 12.6. The zero-order valence-electron chi connectivity index (χ0n) is 15.0. The topological polar surface area (TPSA) is 70.2 Å². The maximum absolute atomic E-state index is 12.4. The van der Waals surface area contributed by atoms with E-state index < -0.39 is 0 Å². The molecular weight excluding hydrogens is 326 g/mol. The molecule has 5 nitrogen and oxygen atoms in total. The lowest BCUT2D eigenvalue weighted by molar-refractivity contribution is -0.126. The van der Waals surface area contributed by atoms with Gasteiger partial charge in [0.1, 0.15) is 0 Å². The third-order valence-electron chi connectivity index (χ3n) is 4.71. The van der Waals surface area contributed by atoms with Crippen molar-refractivity contribution in [3.8, 4) is 0 Å². The Morgan fingerprint density at radius 2 is 1.92 bits per heavy atom. The summed E-state index contributed by atoms with van der Waals surface area (Å²) >= 11 is 0. The van der Waals surface area contributed by atoms with Crippen LogP contribution < -0.4 is 16.0 Å². The summed E-state index contributed by atoms with van der Waals surface area (Å²) in [5.41, 5.74) is 2.30. The summed E-state index contributed by atoms with van der Waals surface area (Å²) in [4.78, 5) is 24.7. The van der Waals surface area contributed by atoms with Crippen molar-refractivity contribution in [2.45, 2.75) is 25.8 Å². The SMILES string of the molecule is CC(NC(=O)C1CCCNC1)c1cccc(NC(=O)c2ccccc2)c1. The molecule has 2 amide bonds. The molecule has 2 atom stereocenters. The Morgan fingerprint density at radius 3 is 2.65 bits per heavy atom. The van der Waals surface area contributed by atoms with Crippen molar-refractivity contribution in [2.75, 3.05) is 18.4 Å². The molecule has 5 heteroatoms. The zero-order valence-corrected chi connectivity index (χ0v) is 15.0. The molecule has 1 fully saturated rings. The van der Waals surface area contributed by atoms with Crippen molar-refractivity contribution in [3.05, 3.63) is 65.7 Å². The van der Waals surface area contributed by atoms with Crippen molar-refractivity contribution in [2.24, 2.45) is 5.92 Å². The van der Waals surface area contributed by atoms with Gasteiger partial charge in [-0.25, -0.2) is 0 Å². The van der Waals surface area contributed by atoms with Crippen molar-refractivity contribution < 1.29 is 9.59 Å². The highest BCUT2D eigenvalue weighted by Crippen LogP contribution is 2.19. The molecule has 1 heterocycles. The molecule has 26 heavy (non-hydrogen) atoms. The van der Waals surface area contributed by atoms with Crippen LogP contribution in [-0.2, 0) is 4.79 Å². The van der Waals surface area contributed by atoms with E-state index >= 15 is 0 Å². The van der Waals surface area contributed by atoms with Crippen LogP contribution in [-0.4, -0.2) is 24.9 Å². The zero-order chi connectivity index (χ0) is 18.4. The van der Waals surface area contributed by atoms with Crippen LogP contribution in [0.3, 0.4) is 0 Å². The maximum Gasteiger partial charge on any atom is 0.255 e. The molecule has 2 aromatic carbocycles. The first-order valence-electron chi connectivity index (χ1n) is 9.11. The molecule has 0 spiro atoms. The lowest BCUT2D eigenvalue weighted by Gasteiger charge is -2.24. The van der Waals surface area contributed by atoms with Crippen LogP contribution in [0.5, 0.6) is 0 Å². The van der Waals surface area contributed by atoms with E-state index in [2.05, 4.69) is 16.0 Å². The molecule has 136 valence electrons. The number of hydrogen-bond acceptors (Lipinski definition) is 3. The number of benzene rings is 2. The number of carbonyl (C=O) groups is 2. The summed E-state index contributed by atoms with van der Waals surface area (Å²) in [6, 6.07) is 16.6. The smallest absolute Gasteiger partial charge is 0.255 e. The van der Waals surface area contributed by atoms with Crippen molar-refractivity contribution in [1.82, 2.24) is 10.6 Å². The van der Waals surface area contributed by atoms with Gasteiger partial charge in [0.15, 0.2) is 0 Å². The summed E-state index contributed by atoms with van der Waals surface area (Å²) in [7, 11) is 0. The van der Waals surface area contributed by atoms with Crippen molar-refractivity contribution in [3.63, 3.8) is 0 Å². The van der Waals surface area contributed by atoms with Crippen LogP contribution in [0, 0.1) is 5.92 Å². The second kappa shape index (κ2) is 8.63. The number of rotatable bonds is 5. The molecular formula is C21H25N3O2. The van der Waals surface area contributed by atoms with E-state index in [1.54, 1.807) is 12.1 Å². The van der Waals surface area contributed by atoms with E-state index in [1.807, 2.05) is 49.4 Å². The summed E-state index contributed by atoms with van der Waals surface area (Å²) in [6.45, 7) is 3.69. The highest BCUT2D eigenvalue weighted by molar-refractivity contribution is 6.04. The van der Waals surface area contributed by atoms with Gasteiger partial charge in [0, 0.05) is 17.8 Å². The molecule has 2 unspecified atom stereocenters. The monoisotopic (exact) mass is 351 g/mol. The second-order valence-electron chi connectivity index (χ2n) is 6.72. The van der Waals surface area contributed by atoms with Gasteiger partial charge < -0.3 is 16.0 Å². The summed E-state index contributed by atoms with van der Waals surface area (Å²) in [6.07, 6.45) is 1.96. The summed E-state index contributed by atoms with van der Waals surface area (Å²) < 4.78 is 0. The van der Waals surface area contributed by atoms with Gasteiger partial charge >= 0.3 is 0 Å². The Bertz CT molecular complexity index is 755. The number of piperidine rings is 1. The first-order valence-corrected chi connectivity index (χ1v) is 9.11. The quantitative estimate of drug-likeness (QED) is 0.775. The van der Waals surface area contributed by atoms with Gasteiger partial charge in [0.2, 0.25) is 5.91 Å². The van der Waals surface area contributed by atoms with E-state index in [1.165, 1.54) is 0 Å². The average Bonchev–Trinajstić information content (AvgIpc) is 2.69. The van der Waals surface area contributed by atoms with Gasteiger partial charge in [0.25, 0.3) is 5.91 Å². The molecule has 0 aromatic heterocycles. The number of carbonyl (C=O) groups excluding carboxylic acids is 2. The highest BCUT2D eigenvalue weighted by atomic mass is 16.2. The minimum absolute atomic E-state index is 0.0344. The van der Waals surface area contributed by atoms with E-state index in [0.717, 1.165) is 37.2 Å². The Balaban J connectivity index is 1.62. The van der Waals surface area contributed by atoms with Gasteiger partial charge in [0.05, 0.1) is 12.0 Å². The minimum atomic E-state index is -0.146. The van der Waals surface area contributed by atoms with Crippen LogP contribution in [0.2, 0.25) is 0 Å². The van der Waals surface area contributed by atoms with Gasteiger partial charge in [-0.3, -0.25) is 9.59 Å². The number of anilines is 1. The number of hydrogen-bond donors (Lipinski definition) is 3. The van der Waals surface area contributed by atoms with Gasteiger partial charge in [-0.05, 0) is 56.1 Å². The molecule has 2 aromatic rings. The number of amides is 2. The molecule has 0 radical (unpaired) electrons. The molecule has 0 saturated carbocycles. The molecule has 0 bridgehead atoms. The Hall–Kier alpha value is -2.66. The standard InChI is InChI=1S/C21H25N3O2/c1-15(23-21(26)18-10-6-12-22-14-18)17-9-5-11-19(13-17)24-20(25)16-7-3-2-4-8-16/h2-5,7-9,11,13,15,18,22H,6,10,12,14H2,1H3,(H,23,26)(H,24,25). The third-order valence-corrected chi connectivity index (χ3v) is 4.71. The van der Waals surface area contributed by atoms with Crippen LogP contribution in [0.15, 0.2) is 54.6 Å². The minimum Gasteiger partial charge on any atom is -0.349 e. The van der Waals surface area contributed by atoms with Crippen LogP contribution in [0.1, 0.15) is 41.7 Å². The van der Waals surface area contributed by atoms with Gasteiger partial charge in [-0.1, -0.05) is 30.3 Å². The average molecular weight is 351 g/mol. The normalized spacial score (nSPS) is 18.0. The van der Waals surface area contributed by atoms with Crippen LogP contribution >= 0.6 is 0 Å². The lowest BCUT2D eigenvalue weighted by Crippen LogP contribution is -2.41. The predicted molar refractivity (Wildman–Crippen MR) is 103 cm³/mol. The van der Waals surface area contributed by atoms with Crippen molar-refractivity contribution in [1.29, 1.82) is 0 Å². The molecule has 1 aliphatic heterocycles. The van der Waals surface area contributed by atoms with E-state index in [0.29, 0.717) is 5.56 Å². The lowest BCUT2D eigenvalue weighted by atomic mass is 9.98. The summed E-state index contributed by atoms with van der Waals surface area (Å²) in [5.74, 6) is -0.0247. The molecule has 0 aliphatic carbocycles. The third kappa shape index (κ3) is 4.70. The fourth-order valence-electron chi connectivity index (χ4n) is 3.17. The maximum atomic E-state index is 12.4. The fourth-order valence-corrected chi connectivity index (χ4v) is 3.17. The van der Waals surface area contributed by atoms with E-state index in [-0.39, 0.29) is 23.8 Å². The molecule has 3 rings (SSSR count). The van der Waals surface area contributed by atoms with Crippen LogP contribution in [0.25, 0.3) is 0 Å². The Kier molecular flexibility index (Phi) is 6.02. The molecule has 1 saturated heterocycles. The van der Waals surface area contributed by atoms with Gasteiger partial charge in [-0.15, -0.1) is 0 Å². The first kappa shape index (κ1) is 18.1. The van der Waals surface area contributed by atoms with Crippen molar-refractivity contribution >= 4 is 17.5 Å².